The molecule has 11 heteroatoms. The molecule has 0 amide bonds. The fourth-order valence-electron chi connectivity index (χ4n) is 3.50. The highest BCUT2D eigenvalue weighted by Gasteiger charge is 2.27. The molecular formula is C22H19FN6O2S2. The number of esters is 1. The van der Waals surface area contributed by atoms with E-state index in [2.05, 4.69) is 20.3 Å². The van der Waals surface area contributed by atoms with E-state index in [4.69, 9.17) is 10.5 Å². The van der Waals surface area contributed by atoms with Crippen LogP contribution in [0.2, 0.25) is 0 Å². The number of nitrogens with one attached hydrogen (secondary N) is 1. The van der Waals surface area contributed by atoms with Crippen molar-refractivity contribution in [3.63, 3.8) is 0 Å². The zero-order valence-corrected chi connectivity index (χ0v) is 19.0. The van der Waals surface area contributed by atoms with Crippen molar-refractivity contribution in [3.8, 4) is 5.00 Å². The van der Waals surface area contributed by atoms with Gasteiger partial charge >= 0.3 is 5.97 Å². The van der Waals surface area contributed by atoms with E-state index < -0.39 is 5.97 Å². The van der Waals surface area contributed by atoms with Crippen LogP contribution >= 0.6 is 23.1 Å². The van der Waals surface area contributed by atoms with Crippen molar-refractivity contribution < 1.29 is 13.9 Å². The third-order valence-corrected chi connectivity index (χ3v) is 7.39. The van der Waals surface area contributed by atoms with Crippen LogP contribution in [-0.4, -0.2) is 31.2 Å². The van der Waals surface area contributed by atoms with Crippen LogP contribution in [0, 0.1) is 5.82 Å². The highest BCUT2D eigenvalue weighted by Crippen LogP contribution is 2.38. The summed E-state index contributed by atoms with van der Waals surface area (Å²) in [7, 11) is 0. The maximum Gasteiger partial charge on any atom is 0.341 e. The second-order valence-electron chi connectivity index (χ2n) is 7.22. The molecule has 0 bridgehead atoms. The molecule has 3 N–H and O–H groups in total. The Labute approximate surface area is 197 Å². The first-order valence-electron chi connectivity index (χ1n) is 10.1. The molecule has 0 fully saturated rings. The van der Waals surface area contributed by atoms with Gasteiger partial charge in [-0.1, -0.05) is 0 Å². The van der Waals surface area contributed by atoms with Crippen molar-refractivity contribution in [2.45, 2.75) is 18.8 Å². The molecule has 0 aliphatic carbocycles. The first kappa shape index (κ1) is 21.4. The monoisotopic (exact) mass is 482 g/mol. The zero-order valence-electron chi connectivity index (χ0n) is 17.3. The van der Waals surface area contributed by atoms with Crippen LogP contribution in [-0.2, 0) is 23.5 Å². The average molecular weight is 483 g/mol. The van der Waals surface area contributed by atoms with E-state index in [1.54, 1.807) is 23.5 Å². The van der Waals surface area contributed by atoms with E-state index in [0.29, 0.717) is 11.3 Å². The fourth-order valence-corrected chi connectivity index (χ4v) is 5.94. The molecule has 8 nitrogen and oxygen atoms in total. The molecule has 33 heavy (non-hydrogen) atoms. The van der Waals surface area contributed by atoms with Crippen LogP contribution in [0.25, 0.3) is 5.00 Å². The van der Waals surface area contributed by atoms with Crippen molar-refractivity contribution >= 4 is 46.7 Å². The normalized spacial score (nSPS) is 12.9. The Morgan fingerprint density at radius 2 is 1.97 bits per heavy atom. The number of aromatic nitrogens is 4. The number of hydrogen-bond acceptors (Lipinski definition) is 9. The molecule has 1 aromatic carbocycles. The van der Waals surface area contributed by atoms with Crippen molar-refractivity contribution in [2.75, 3.05) is 16.8 Å². The highest BCUT2D eigenvalue weighted by atomic mass is 32.2. The summed E-state index contributed by atoms with van der Waals surface area (Å²) in [5.41, 5.74) is 8.05. The van der Waals surface area contributed by atoms with Gasteiger partial charge in [0.15, 0.2) is 12.4 Å². The van der Waals surface area contributed by atoms with Crippen LogP contribution < -0.4 is 11.1 Å². The molecule has 0 saturated carbocycles. The van der Waals surface area contributed by atoms with Crippen molar-refractivity contribution in [1.82, 2.24) is 19.5 Å². The summed E-state index contributed by atoms with van der Waals surface area (Å²) in [6.07, 6.45) is 4.66. The number of carbonyl (C=O) groups is 1. The van der Waals surface area contributed by atoms with Gasteiger partial charge in [-0.25, -0.2) is 9.18 Å². The number of halogens is 1. The van der Waals surface area contributed by atoms with Crippen LogP contribution in [0.5, 0.6) is 0 Å². The minimum Gasteiger partial charge on any atom is -0.454 e. The summed E-state index contributed by atoms with van der Waals surface area (Å²) in [6.45, 7) is -0.159. The number of nitrogens with two attached hydrogens (primary N) is 1. The Morgan fingerprint density at radius 1 is 1.18 bits per heavy atom. The number of hydrogen-bond donors (Lipinski definition) is 2. The summed E-state index contributed by atoms with van der Waals surface area (Å²) in [5.74, 6) is 1.47. The van der Waals surface area contributed by atoms with Gasteiger partial charge in [0.1, 0.15) is 10.8 Å². The fraction of sp³-hybridized carbons (Fsp3) is 0.182. The van der Waals surface area contributed by atoms with Gasteiger partial charge in [-0.05, 0) is 54.1 Å². The van der Waals surface area contributed by atoms with Crippen molar-refractivity contribution in [1.29, 1.82) is 0 Å². The number of benzene rings is 1. The SMILES string of the molecule is Nc1nc(COC(=O)c2c(-n3cccc3)sc3c2CCSC3)nc(Nc2ccc(F)cc2)n1. The highest BCUT2D eigenvalue weighted by molar-refractivity contribution is 7.98. The number of thiophene rings is 1. The second-order valence-corrected chi connectivity index (χ2v) is 9.41. The molecule has 5 rings (SSSR count). The zero-order chi connectivity index (χ0) is 22.8. The number of rotatable bonds is 6. The first-order valence-corrected chi connectivity index (χ1v) is 12.1. The van der Waals surface area contributed by atoms with Crippen LogP contribution in [0.3, 0.4) is 0 Å². The summed E-state index contributed by atoms with van der Waals surface area (Å²) in [5, 5.41) is 3.80. The Hall–Kier alpha value is -3.44. The van der Waals surface area contributed by atoms with Crippen LogP contribution in [0.4, 0.5) is 22.0 Å². The van der Waals surface area contributed by atoms with Crippen LogP contribution in [0.15, 0.2) is 48.8 Å². The maximum atomic E-state index is 13.2. The van der Waals surface area contributed by atoms with Gasteiger partial charge in [0.05, 0.1) is 5.56 Å². The molecule has 3 aromatic heterocycles. The standard InChI is InChI=1S/C22H19FN6O2S2/c23-13-3-5-14(6-4-13)25-22-27-17(26-21(24)28-22)11-31-20(30)18-15-7-10-32-12-16(15)33-19(18)29-8-1-2-9-29/h1-6,8-9H,7,10-12H2,(H3,24,25,26,27,28). The van der Waals surface area contributed by atoms with Gasteiger partial charge in [0.2, 0.25) is 11.9 Å². The van der Waals surface area contributed by atoms with E-state index in [0.717, 1.165) is 28.5 Å². The van der Waals surface area contributed by atoms with E-state index in [9.17, 15) is 9.18 Å². The number of fused-ring (bicyclic) bond motifs is 1. The van der Waals surface area contributed by atoms with E-state index in [1.807, 2.05) is 40.9 Å². The van der Waals surface area contributed by atoms with Crippen LogP contribution in [0.1, 0.15) is 26.6 Å². The summed E-state index contributed by atoms with van der Waals surface area (Å²) < 4.78 is 20.7. The molecule has 4 aromatic rings. The molecule has 0 saturated heterocycles. The van der Waals surface area contributed by atoms with Crippen molar-refractivity contribution in [3.05, 3.63) is 76.4 Å². The van der Waals surface area contributed by atoms with Gasteiger partial charge < -0.3 is 20.4 Å². The Balaban J connectivity index is 1.36. The average Bonchev–Trinajstić information content (AvgIpc) is 3.46. The third-order valence-electron chi connectivity index (χ3n) is 4.98. The molecule has 0 spiro atoms. The number of ether oxygens (including phenoxy) is 1. The van der Waals surface area contributed by atoms with Gasteiger partial charge in [-0.3, -0.25) is 0 Å². The summed E-state index contributed by atoms with van der Waals surface area (Å²) in [6, 6.07) is 9.58. The largest absolute Gasteiger partial charge is 0.454 e. The molecular weight excluding hydrogens is 463 g/mol. The minimum absolute atomic E-state index is 0.0152. The van der Waals surface area contributed by atoms with Gasteiger partial charge in [0, 0.05) is 28.7 Å². The third kappa shape index (κ3) is 4.69. The van der Waals surface area contributed by atoms with Gasteiger partial charge in [-0.2, -0.15) is 26.7 Å². The smallest absolute Gasteiger partial charge is 0.341 e. The number of nitrogen functional groups attached to an aromatic ring is 1. The van der Waals surface area contributed by atoms with Gasteiger partial charge in [0.25, 0.3) is 0 Å². The number of thioether (sulfide) groups is 1. The predicted molar refractivity (Wildman–Crippen MR) is 127 cm³/mol. The van der Waals surface area contributed by atoms with E-state index in [-0.39, 0.29) is 30.1 Å². The summed E-state index contributed by atoms with van der Waals surface area (Å²) >= 11 is 3.48. The molecule has 0 atom stereocenters. The Morgan fingerprint density at radius 3 is 2.76 bits per heavy atom. The van der Waals surface area contributed by atoms with E-state index >= 15 is 0 Å². The Bertz CT molecular complexity index is 1290. The lowest BCUT2D eigenvalue weighted by atomic mass is 10.1. The molecule has 1 aliphatic heterocycles. The van der Waals surface area contributed by atoms with Crippen molar-refractivity contribution in [2.24, 2.45) is 0 Å². The molecule has 0 unspecified atom stereocenters. The molecule has 0 radical (unpaired) electrons. The molecule has 1 aliphatic rings. The Kier molecular flexibility index (Phi) is 5.97. The second kappa shape index (κ2) is 9.20. The van der Waals surface area contributed by atoms with Gasteiger partial charge in [-0.15, -0.1) is 11.3 Å². The number of anilines is 3. The number of nitrogens with zero attached hydrogens (tertiary/aromatic N) is 4. The number of carbonyl (C=O) groups excluding carboxylic acids is 1. The summed E-state index contributed by atoms with van der Waals surface area (Å²) in [4.78, 5) is 26.8. The van der Waals surface area contributed by atoms with E-state index in [1.165, 1.54) is 17.0 Å². The molecule has 4 heterocycles. The quantitative estimate of drug-likeness (QED) is 0.391. The molecule has 168 valence electrons. The maximum absolute atomic E-state index is 13.2. The first-order chi connectivity index (χ1) is 16.1. The predicted octanol–water partition coefficient (Wildman–Crippen LogP) is 4.34. The lowest BCUT2D eigenvalue weighted by Crippen LogP contribution is -2.14. The lowest BCUT2D eigenvalue weighted by Gasteiger charge is -2.13. The topological polar surface area (TPSA) is 108 Å². The lowest BCUT2D eigenvalue weighted by molar-refractivity contribution is 0.0461. The minimum atomic E-state index is -0.421.